The van der Waals surface area contributed by atoms with Crippen molar-refractivity contribution < 1.29 is 24.2 Å². The highest BCUT2D eigenvalue weighted by atomic mass is 32.2. The molecule has 0 spiro atoms. The lowest BCUT2D eigenvalue weighted by Crippen LogP contribution is -2.29. The zero-order valence-corrected chi connectivity index (χ0v) is 21.5. The summed E-state index contributed by atoms with van der Waals surface area (Å²) in [5.41, 5.74) is -0.0843. The molecule has 2 heterocycles. The number of hydrogen-bond donors (Lipinski definition) is 5. The average molecular weight is 540 g/mol. The molecule has 2 amide bonds. The molecule has 2 atom stereocenters. The van der Waals surface area contributed by atoms with Gasteiger partial charge in [0.2, 0.25) is 17.7 Å². The van der Waals surface area contributed by atoms with E-state index in [0.717, 1.165) is 17.3 Å². The van der Waals surface area contributed by atoms with E-state index in [1.54, 1.807) is 30.3 Å². The number of benzene rings is 2. The molecule has 0 radical (unpaired) electrons. The maximum atomic E-state index is 12.7. The third kappa shape index (κ3) is 5.89. The number of carbonyl (C=O) groups is 2. The number of amidine groups is 1. The predicted molar refractivity (Wildman–Crippen MR) is 142 cm³/mol. The molecule has 3 aromatic rings. The number of aromatic amines is 2. The maximum Gasteiger partial charge on any atom is 0.328 e. The average Bonchev–Trinajstić information content (AvgIpc) is 3.21. The van der Waals surface area contributed by atoms with E-state index in [2.05, 4.69) is 25.6 Å². The van der Waals surface area contributed by atoms with E-state index in [9.17, 15) is 24.3 Å². The lowest BCUT2D eigenvalue weighted by Gasteiger charge is -2.18. The van der Waals surface area contributed by atoms with Gasteiger partial charge in [-0.05, 0) is 37.3 Å². The fourth-order valence-corrected chi connectivity index (χ4v) is 4.81. The van der Waals surface area contributed by atoms with Crippen molar-refractivity contribution in [1.29, 1.82) is 0 Å². The van der Waals surface area contributed by atoms with Crippen molar-refractivity contribution in [3.8, 4) is 17.4 Å². The Bertz CT molecular complexity index is 1510. The summed E-state index contributed by atoms with van der Waals surface area (Å²) in [5, 5.41) is 15.2. The zero-order valence-electron chi connectivity index (χ0n) is 20.7. The van der Waals surface area contributed by atoms with Crippen LogP contribution in [0.1, 0.15) is 29.2 Å². The number of thioether (sulfide) groups is 1. The first-order valence-electron chi connectivity index (χ1n) is 11.4. The summed E-state index contributed by atoms with van der Waals surface area (Å²) in [5.74, 6) is -0.762. The fourth-order valence-electron chi connectivity index (χ4n) is 3.82. The standard InChI is InChI=1S/C25H25N5O7S/c1-12-4-6-13(7-5-12)26-18(31)11-17-21(32)30-25(38-17)27-20(19-22(33)28-24(35)29-23(19)34)15-10-14(36-2)8-9-16(15)37-3/h4-10,17,20H,11H2,1-3H3,(H,26,31)(H,27,30,32)(H3,28,29,33,34,35)/t17-,20-/m0/s1. The first-order chi connectivity index (χ1) is 18.2. The van der Waals surface area contributed by atoms with Gasteiger partial charge < -0.3 is 25.2 Å². The van der Waals surface area contributed by atoms with Crippen LogP contribution in [0.5, 0.6) is 17.4 Å². The first kappa shape index (κ1) is 26.5. The molecule has 5 N–H and O–H groups in total. The molecular formula is C25H25N5O7S. The van der Waals surface area contributed by atoms with Gasteiger partial charge in [0.25, 0.3) is 5.56 Å². The SMILES string of the molecule is COc1ccc(OC)c([C@H](N=C2NC(=O)[C@H](CC(=O)Nc3ccc(C)cc3)S2)c2c(O)[nH]c(=O)[nH]c2=O)c1. The Morgan fingerprint density at radius 1 is 1.11 bits per heavy atom. The maximum absolute atomic E-state index is 12.7. The molecule has 1 aliphatic heterocycles. The van der Waals surface area contributed by atoms with Crippen molar-refractivity contribution in [1.82, 2.24) is 15.3 Å². The minimum Gasteiger partial charge on any atom is -0.497 e. The first-order valence-corrected chi connectivity index (χ1v) is 12.3. The molecule has 0 bridgehead atoms. The highest BCUT2D eigenvalue weighted by Gasteiger charge is 2.34. The van der Waals surface area contributed by atoms with Gasteiger partial charge in [0.15, 0.2) is 5.17 Å². The van der Waals surface area contributed by atoms with Crippen molar-refractivity contribution in [3.63, 3.8) is 0 Å². The Balaban J connectivity index is 1.66. The number of amides is 2. The lowest BCUT2D eigenvalue weighted by molar-refractivity contribution is -0.122. The van der Waals surface area contributed by atoms with E-state index in [-0.39, 0.29) is 23.1 Å². The summed E-state index contributed by atoms with van der Waals surface area (Å²) in [7, 11) is 2.87. The highest BCUT2D eigenvalue weighted by molar-refractivity contribution is 8.15. The van der Waals surface area contributed by atoms with Gasteiger partial charge in [-0.3, -0.25) is 24.4 Å². The molecule has 2 aromatic carbocycles. The molecule has 38 heavy (non-hydrogen) atoms. The van der Waals surface area contributed by atoms with Crippen LogP contribution in [0, 0.1) is 6.92 Å². The summed E-state index contributed by atoms with van der Waals surface area (Å²) in [6.07, 6.45) is -0.124. The van der Waals surface area contributed by atoms with Crippen LogP contribution in [0.25, 0.3) is 0 Å². The number of ether oxygens (including phenoxy) is 2. The molecule has 0 aliphatic carbocycles. The molecule has 13 heteroatoms. The van der Waals surface area contributed by atoms with Gasteiger partial charge in [-0.1, -0.05) is 29.5 Å². The second-order valence-electron chi connectivity index (χ2n) is 8.33. The number of aromatic nitrogens is 2. The molecule has 0 unspecified atom stereocenters. The van der Waals surface area contributed by atoms with Gasteiger partial charge in [-0.2, -0.15) is 0 Å². The van der Waals surface area contributed by atoms with Crippen LogP contribution in [-0.4, -0.2) is 51.5 Å². The largest absolute Gasteiger partial charge is 0.497 e. The van der Waals surface area contributed by atoms with Crippen molar-refractivity contribution >= 4 is 34.4 Å². The van der Waals surface area contributed by atoms with Crippen LogP contribution >= 0.6 is 11.8 Å². The Hall–Kier alpha value is -4.52. The number of anilines is 1. The van der Waals surface area contributed by atoms with Crippen molar-refractivity contribution in [2.75, 3.05) is 19.5 Å². The van der Waals surface area contributed by atoms with Gasteiger partial charge >= 0.3 is 5.69 Å². The Morgan fingerprint density at radius 2 is 1.84 bits per heavy atom. The normalized spacial score (nSPS) is 16.7. The Labute approximate surface area is 220 Å². The molecule has 198 valence electrons. The number of aliphatic imine (C=N–C) groups is 1. The van der Waals surface area contributed by atoms with Gasteiger partial charge in [-0.15, -0.1) is 0 Å². The number of nitrogens with zero attached hydrogens (tertiary/aromatic N) is 1. The van der Waals surface area contributed by atoms with Crippen LogP contribution in [0.2, 0.25) is 0 Å². The number of nitrogens with one attached hydrogen (secondary N) is 4. The second kappa shape index (κ2) is 11.3. The highest BCUT2D eigenvalue weighted by Crippen LogP contribution is 2.38. The molecule has 4 rings (SSSR count). The van der Waals surface area contributed by atoms with E-state index in [1.165, 1.54) is 14.2 Å². The predicted octanol–water partition coefficient (Wildman–Crippen LogP) is 1.80. The summed E-state index contributed by atoms with van der Waals surface area (Å²) in [4.78, 5) is 58.4. The van der Waals surface area contributed by atoms with Gasteiger partial charge in [0, 0.05) is 17.7 Å². The monoisotopic (exact) mass is 539 g/mol. The molecular weight excluding hydrogens is 514 g/mol. The Kier molecular flexibility index (Phi) is 7.86. The minimum absolute atomic E-state index is 0.114. The van der Waals surface area contributed by atoms with E-state index in [4.69, 9.17) is 9.47 Å². The van der Waals surface area contributed by atoms with E-state index < -0.39 is 34.3 Å². The quantitative estimate of drug-likeness (QED) is 0.288. The smallest absolute Gasteiger partial charge is 0.328 e. The number of aryl methyl sites for hydroxylation is 1. The van der Waals surface area contributed by atoms with Crippen LogP contribution in [0.3, 0.4) is 0 Å². The van der Waals surface area contributed by atoms with Crippen LogP contribution < -0.4 is 31.4 Å². The molecule has 0 saturated carbocycles. The fraction of sp³-hybridized carbons (Fsp3) is 0.240. The Morgan fingerprint density at radius 3 is 2.50 bits per heavy atom. The number of methoxy groups -OCH3 is 2. The van der Waals surface area contributed by atoms with Gasteiger partial charge in [0.05, 0.1) is 14.2 Å². The molecule has 1 aromatic heterocycles. The van der Waals surface area contributed by atoms with Crippen molar-refractivity contribution in [2.45, 2.75) is 24.6 Å². The van der Waals surface area contributed by atoms with Crippen LogP contribution in [0.15, 0.2) is 57.0 Å². The molecule has 1 saturated heterocycles. The molecule has 1 aliphatic rings. The number of H-pyrrole nitrogens is 2. The van der Waals surface area contributed by atoms with Crippen molar-refractivity contribution in [2.24, 2.45) is 4.99 Å². The van der Waals surface area contributed by atoms with Gasteiger partial charge in [-0.25, -0.2) is 9.79 Å². The van der Waals surface area contributed by atoms with Gasteiger partial charge in [0.1, 0.15) is 28.4 Å². The number of carbonyl (C=O) groups excluding carboxylic acids is 2. The van der Waals surface area contributed by atoms with Crippen LogP contribution in [0.4, 0.5) is 5.69 Å². The summed E-state index contributed by atoms with van der Waals surface area (Å²) >= 11 is 1.01. The second-order valence-corrected chi connectivity index (χ2v) is 9.52. The van der Waals surface area contributed by atoms with Crippen molar-refractivity contribution in [3.05, 3.63) is 80.0 Å². The topological polar surface area (TPSA) is 175 Å². The van der Waals surface area contributed by atoms with E-state index >= 15 is 0 Å². The summed E-state index contributed by atoms with van der Waals surface area (Å²) in [6.45, 7) is 1.93. The third-order valence-electron chi connectivity index (χ3n) is 5.69. The molecule has 12 nitrogen and oxygen atoms in total. The number of rotatable bonds is 8. The summed E-state index contributed by atoms with van der Waals surface area (Å²) in [6, 6.07) is 10.8. The third-order valence-corrected chi connectivity index (χ3v) is 6.79. The number of aromatic hydroxyl groups is 1. The van der Waals surface area contributed by atoms with E-state index in [0.29, 0.717) is 22.7 Å². The lowest BCUT2D eigenvalue weighted by atomic mass is 9.99. The number of hydrogen-bond acceptors (Lipinski definition) is 9. The minimum atomic E-state index is -1.22. The van der Waals surface area contributed by atoms with E-state index in [1.807, 2.05) is 19.1 Å². The summed E-state index contributed by atoms with van der Waals surface area (Å²) < 4.78 is 10.7. The zero-order chi connectivity index (χ0) is 27.4. The van der Waals surface area contributed by atoms with Crippen LogP contribution in [-0.2, 0) is 9.59 Å². The molecule has 1 fully saturated rings.